The van der Waals surface area contributed by atoms with Crippen LogP contribution in [0.25, 0.3) is 198 Å². The molecule has 6 heteroatoms. The number of aromatic nitrogens is 2. The van der Waals surface area contributed by atoms with E-state index in [1.165, 1.54) is 175 Å². The van der Waals surface area contributed by atoms with Gasteiger partial charge in [0.25, 0.3) is 0 Å². The van der Waals surface area contributed by atoms with E-state index in [2.05, 4.69) is 407 Å². The SMILES string of the molecule is Brc1ccc2c(c1)c1ccccc1n2-c1ccc(-c2c3ccccc3c(-c3ccccc3)c3ccccc23)cc1.OB(O)c1ccc(-c2cccc3ccccc23)cc1.c1ccc(-c2c3ccccc3c(-c3ccc(-n4c5ccccc5c5cc(-c6ccc(-c7cccc8ccccc78)cc6)ccc54)cc3)c3ccccc23)cc1. The van der Waals surface area contributed by atoms with Crippen LogP contribution >= 0.6 is 15.9 Å². The number of nitrogens with zero attached hydrogens (tertiary/aromatic N) is 2. The van der Waals surface area contributed by atoms with E-state index in [0.717, 1.165) is 27.0 Å². The number of para-hydroxylation sites is 2. The molecule has 0 spiro atoms. The zero-order valence-corrected chi connectivity index (χ0v) is 63.7. The molecule has 0 unspecified atom stereocenters. The summed E-state index contributed by atoms with van der Waals surface area (Å²) in [5.74, 6) is 0. The van der Waals surface area contributed by atoms with Crippen LogP contribution in [0, 0.1) is 0 Å². The minimum absolute atomic E-state index is 0.504. The minimum Gasteiger partial charge on any atom is -0.423 e. The lowest BCUT2D eigenvalue weighted by atomic mass is 9.79. The summed E-state index contributed by atoms with van der Waals surface area (Å²) in [4.78, 5) is 0. The maximum Gasteiger partial charge on any atom is 0.488 e. The monoisotopic (exact) mass is 1520 g/mol. The van der Waals surface area contributed by atoms with Crippen molar-refractivity contribution in [2.24, 2.45) is 0 Å². The van der Waals surface area contributed by atoms with E-state index in [-0.39, 0.29) is 0 Å². The van der Waals surface area contributed by atoms with Crippen molar-refractivity contribution in [2.45, 2.75) is 0 Å². The van der Waals surface area contributed by atoms with Gasteiger partial charge in [0, 0.05) is 37.4 Å². The lowest BCUT2D eigenvalue weighted by molar-refractivity contribution is 0.426. The van der Waals surface area contributed by atoms with Gasteiger partial charge in [-0.3, -0.25) is 0 Å². The predicted octanol–water partition coefficient (Wildman–Crippen LogP) is 28.3. The third-order valence-corrected chi connectivity index (χ3v) is 23.2. The number of halogens is 1. The predicted molar refractivity (Wildman–Crippen MR) is 489 cm³/mol. The molecule has 536 valence electrons. The summed E-state index contributed by atoms with van der Waals surface area (Å²) in [5, 5.41) is 38.4. The van der Waals surface area contributed by atoms with E-state index in [9.17, 15) is 0 Å². The molecule has 0 saturated carbocycles. The van der Waals surface area contributed by atoms with Gasteiger partial charge < -0.3 is 19.2 Å². The van der Waals surface area contributed by atoms with E-state index < -0.39 is 7.12 Å². The van der Waals surface area contributed by atoms with E-state index >= 15 is 0 Å². The fourth-order valence-electron chi connectivity index (χ4n) is 17.6. The van der Waals surface area contributed by atoms with Gasteiger partial charge in [0.2, 0.25) is 0 Å². The topological polar surface area (TPSA) is 50.3 Å². The first-order valence-corrected chi connectivity index (χ1v) is 39.6. The molecule has 0 bridgehead atoms. The zero-order chi connectivity index (χ0) is 76.2. The molecule has 20 aromatic carbocycles. The lowest BCUT2D eigenvalue weighted by Gasteiger charge is -2.18. The molecule has 0 aliphatic rings. The smallest absolute Gasteiger partial charge is 0.423 e. The Hall–Kier alpha value is -14.0. The maximum atomic E-state index is 9.11. The fraction of sp³-hybridized carbons (Fsp3) is 0. The Bertz CT molecular complexity index is 7300. The second-order valence-electron chi connectivity index (χ2n) is 29.2. The average Bonchev–Trinajstić information content (AvgIpc) is 0.829. The summed E-state index contributed by atoms with van der Waals surface area (Å²) >= 11 is 3.67. The molecule has 114 heavy (non-hydrogen) atoms. The highest BCUT2D eigenvalue weighted by molar-refractivity contribution is 9.10. The summed E-state index contributed by atoms with van der Waals surface area (Å²) in [6, 6.07) is 152. The number of hydrogen-bond acceptors (Lipinski definition) is 2. The van der Waals surface area contributed by atoms with Gasteiger partial charge in [0.05, 0.1) is 22.1 Å². The lowest BCUT2D eigenvalue weighted by Crippen LogP contribution is -2.29. The normalized spacial score (nSPS) is 11.5. The van der Waals surface area contributed by atoms with Crippen LogP contribution in [0.5, 0.6) is 0 Å². The van der Waals surface area contributed by atoms with Crippen LogP contribution < -0.4 is 5.46 Å². The van der Waals surface area contributed by atoms with Crippen molar-refractivity contribution in [1.29, 1.82) is 0 Å². The van der Waals surface area contributed by atoms with Crippen LogP contribution in [0.3, 0.4) is 0 Å². The van der Waals surface area contributed by atoms with Gasteiger partial charge >= 0.3 is 7.12 Å². The molecule has 22 aromatic rings. The van der Waals surface area contributed by atoms with Crippen molar-refractivity contribution in [3.05, 3.63) is 429 Å². The molecule has 0 radical (unpaired) electrons. The van der Waals surface area contributed by atoms with Crippen molar-refractivity contribution in [3.8, 4) is 89.3 Å². The number of benzene rings is 20. The molecule has 2 N–H and O–H groups in total. The highest BCUT2D eigenvalue weighted by Crippen LogP contribution is 2.47. The van der Waals surface area contributed by atoms with Crippen molar-refractivity contribution in [1.82, 2.24) is 9.13 Å². The van der Waals surface area contributed by atoms with Crippen LogP contribution in [0.1, 0.15) is 0 Å². The Morgan fingerprint density at radius 3 is 0.868 bits per heavy atom. The molecular formula is C108H72BBrN2O2. The maximum absolute atomic E-state index is 9.11. The molecule has 0 aliphatic heterocycles. The molecule has 0 saturated heterocycles. The standard InChI is InChI=1S/C54H35N.C38H24BrN.C16H13BO2/c1-2-14-39(15-3-1)53-46-19-6-8-21-48(46)54(49-22-9-7-20-47(49)53)40-29-32-42(33-30-40)55-51-24-11-10-18-45(51)50-35-41(31-34-52(50)55)36-25-27-38(28-26-36)44-23-12-16-37-13-4-5-17-43(37)44;39-27-20-23-36-34(24-27)29-12-8-9-17-35(29)40(36)28-21-18-26(19-22-28)38-32-15-6-4-13-30(32)37(25-10-2-1-3-11-25)31-14-5-7-16-33(31)38;18-17(19)14-10-8-13(9-11-14)16-7-3-5-12-4-1-2-6-15(12)16/h1-35H;1-24H;1-11,18-19H. The third kappa shape index (κ3) is 12.5. The summed E-state index contributed by atoms with van der Waals surface area (Å²) in [5.41, 5.74) is 24.8. The molecule has 2 heterocycles. The van der Waals surface area contributed by atoms with Gasteiger partial charge in [0.15, 0.2) is 0 Å². The Morgan fingerprint density at radius 2 is 0.474 bits per heavy atom. The van der Waals surface area contributed by atoms with Crippen LogP contribution in [0.4, 0.5) is 0 Å². The zero-order valence-electron chi connectivity index (χ0n) is 62.2. The average molecular weight is 1520 g/mol. The van der Waals surface area contributed by atoms with Gasteiger partial charge in [-0.25, -0.2) is 0 Å². The molecular weight excluding hydrogens is 1450 g/mol. The fourth-order valence-corrected chi connectivity index (χ4v) is 17.9. The van der Waals surface area contributed by atoms with E-state index in [1.807, 2.05) is 30.3 Å². The van der Waals surface area contributed by atoms with E-state index in [4.69, 9.17) is 10.0 Å². The Balaban J connectivity index is 0.000000124. The largest absolute Gasteiger partial charge is 0.488 e. The third-order valence-electron chi connectivity index (χ3n) is 22.8. The molecule has 0 fully saturated rings. The summed E-state index contributed by atoms with van der Waals surface area (Å²) < 4.78 is 5.88. The molecule has 0 aliphatic carbocycles. The number of rotatable bonds is 10. The van der Waals surface area contributed by atoms with Crippen LogP contribution in [0.2, 0.25) is 0 Å². The molecule has 22 rings (SSSR count). The second-order valence-corrected chi connectivity index (χ2v) is 30.1. The Kier molecular flexibility index (Phi) is 18.0. The Morgan fingerprint density at radius 1 is 0.193 bits per heavy atom. The first kappa shape index (κ1) is 69.2. The van der Waals surface area contributed by atoms with Gasteiger partial charge in [-0.1, -0.05) is 374 Å². The molecule has 0 atom stereocenters. The molecule has 4 nitrogen and oxygen atoms in total. The van der Waals surface area contributed by atoms with Crippen molar-refractivity contribution in [3.63, 3.8) is 0 Å². The summed E-state index contributed by atoms with van der Waals surface area (Å²) in [6.07, 6.45) is 0. The van der Waals surface area contributed by atoms with Gasteiger partial charge in [-0.2, -0.15) is 0 Å². The van der Waals surface area contributed by atoms with E-state index in [1.54, 1.807) is 12.1 Å². The summed E-state index contributed by atoms with van der Waals surface area (Å²) in [7, 11) is -1.42. The molecule has 0 amide bonds. The van der Waals surface area contributed by atoms with Crippen molar-refractivity contribution >= 4 is 137 Å². The van der Waals surface area contributed by atoms with Gasteiger partial charge in [-0.15, -0.1) is 0 Å². The quantitative estimate of drug-likeness (QED) is 0.106. The van der Waals surface area contributed by atoms with Crippen molar-refractivity contribution in [2.75, 3.05) is 0 Å². The first-order valence-electron chi connectivity index (χ1n) is 38.8. The first-order chi connectivity index (χ1) is 56.3. The second kappa shape index (κ2) is 29.7. The highest BCUT2D eigenvalue weighted by Gasteiger charge is 2.22. The number of fused-ring (bicyclic) bond motifs is 12. The van der Waals surface area contributed by atoms with Crippen LogP contribution in [0.15, 0.2) is 429 Å². The van der Waals surface area contributed by atoms with E-state index in [0.29, 0.717) is 5.46 Å². The van der Waals surface area contributed by atoms with Gasteiger partial charge in [0.1, 0.15) is 0 Å². The minimum atomic E-state index is -1.42. The van der Waals surface area contributed by atoms with Gasteiger partial charge in [-0.05, 0) is 215 Å². The van der Waals surface area contributed by atoms with Crippen LogP contribution in [-0.4, -0.2) is 26.3 Å². The molecule has 2 aromatic heterocycles. The number of hydrogen-bond donors (Lipinski definition) is 2. The van der Waals surface area contributed by atoms with Crippen LogP contribution in [-0.2, 0) is 0 Å². The van der Waals surface area contributed by atoms with Crippen molar-refractivity contribution < 1.29 is 10.0 Å². The Labute approximate surface area is 669 Å². The highest BCUT2D eigenvalue weighted by atomic mass is 79.9. The summed E-state index contributed by atoms with van der Waals surface area (Å²) in [6.45, 7) is 0.